The van der Waals surface area contributed by atoms with E-state index in [1.165, 1.54) is 23.5 Å². The first-order valence-electron chi connectivity index (χ1n) is 24.2. The van der Waals surface area contributed by atoms with Crippen molar-refractivity contribution < 1.29 is 62.6 Å². The molecule has 400 valence electrons. The minimum Gasteiger partial charge on any atom is -0.480 e. The average molecular weight is 1040 g/mol. The monoisotopic (exact) mass is 1040 g/mol. The highest BCUT2D eigenvalue weighted by Crippen LogP contribution is 2.19. The molecule has 0 saturated heterocycles. The second kappa shape index (κ2) is 38.0. The largest absolute Gasteiger partial charge is 0.480 e. The van der Waals surface area contributed by atoms with Crippen LogP contribution in [0.3, 0.4) is 0 Å². The fraction of sp³-hybridized carbons (Fsp3) is 0.727. The molecule has 2 rings (SSSR count). The number of aliphatic carboxylic acids is 1. The molecule has 27 heteroatoms. The van der Waals surface area contributed by atoms with E-state index in [0.29, 0.717) is 61.0 Å². The van der Waals surface area contributed by atoms with Crippen LogP contribution in [0.2, 0.25) is 0 Å². The summed E-state index contributed by atoms with van der Waals surface area (Å²) in [4.78, 5) is 145. The molecule has 0 aromatic heterocycles. The van der Waals surface area contributed by atoms with Gasteiger partial charge in [0.15, 0.2) is 0 Å². The Morgan fingerprint density at radius 2 is 0.676 bits per heavy atom. The molecule has 2 saturated carbocycles. The molecular formula is C44H74N12O13S2. The molecule has 0 spiro atoms. The number of nitrogens with one attached hydrogen (secondary N) is 11. The summed E-state index contributed by atoms with van der Waals surface area (Å²) >= 11 is 2.74. The summed E-state index contributed by atoms with van der Waals surface area (Å²) < 4.78 is 0. The number of thioether (sulfide) groups is 2. The lowest BCUT2D eigenvalue weighted by Gasteiger charge is -2.22. The summed E-state index contributed by atoms with van der Waals surface area (Å²) in [5, 5.41) is 38.2. The van der Waals surface area contributed by atoms with Gasteiger partial charge < -0.3 is 63.6 Å². The van der Waals surface area contributed by atoms with Gasteiger partial charge in [0.1, 0.15) is 6.54 Å². The minimum absolute atomic E-state index is 0.00202. The Kier molecular flexibility index (Phi) is 32.9. The van der Waals surface area contributed by atoms with Crippen LogP contribution in [-0.2, 0) is 57.5 Å². The molecule has 0 aromatic rings. The molecule has 11 amide bonds. The van der Waals surface area contributed by atoms with Gasteiger partial charge in [0, 0.05) is 140 Å². The van der Waals surface area contributed by atoms with Crippen molar-refractivity contribution in [2.24, 2.45) is 0 Å². The van der Waals surface area contributed by atoms with Gasteiger partial charge in [-0.15, -0.1) is 0 Å². The van der Waals surface area contributed by atoms with Crippen LogP contribution in [0.15, 0.2) is 0 Å². The van der Waals surface area contributed by atoms with Crippen molar-refractivity contribution in [2.75, 3.05) is 102 Å². The maximum atomic E-state index is 12.4. The topological polar surface area (TPSA) is 361 Å². The van der Waals surface area contributed by atoms with E-state index >= 15 is 0 Å². The van der Waals surface area contributed by atoms with E-state index in [1.807, 2.05) is 0 Å². The Morgan fingerprint density at radius 1 is 0.380 bits per heavy atom. The summed E-state index contributed by atoms with van der Waals surface area (Å²) in [7, 11) is 0. The van der Waals surface area contributed by atoms with Crippen molar-refractivity contribution in [3.05, 3.63) is 0 Å². The number of carboxylic acid groups (broad SMARTS) is 1. The molecular weight excluding hydrogens is 969 g/mol. The number of amides is 11. The molecule has 0 radical (unpaired) electrons. The number of carbonyl (C=O) groups is 12. The molecule has 0 heterocycles. The van der Waals surface area contributed by atoms with Crippen LogP contribution >= 0.6 is 23.5 Å². The quantitative estimate of drug-likeness (QED) is 0.0262. The van der Waals surface area contributed by atoms with Crippen LogP contribution in [-0.4, -0.2) is 195 Å². The van der Waals surface area contributed by atoms with E-state index in [2.05, 4.69) is 58.5 Å². The Labute approximate surface area is 422 Å². The molecule has 71 heavy (non-hydrogen) atoms. The predicted molar refractivity (Wildman–Crippen MR) is 264 cm³/mol. The van der Waals surface area contributed by atoms with Crippen molar-refractivity contribution in [1.82, 2.24) is 63.4 Å². The zero-order chi connectivity index (χ0) is 52.1. The van der Waals surface area contributed by atoms with Gasteiger partial charge in [0.2, 0.25) is 65.0 Å². The molecule has 0 aliphatic heterocycles. The third kappa shape index (κ3) is 37.8. The van der Waals surface area contributed by atoms with Crippen LogP contribution in [0.5, 0.6) is 0 Å². The molecule has 0 atom stereocenters. The smallest absolute Gasteiger partial charge is 0.322 e. The molecule has 2 aliphatic rings. The number of rotatable bonds is 42. The first-order chi connectivity index (χ1) is 34.1. The third-order valence-electron chi connectivity index (χ3n) is 10.1. The van der Waals surface area contributed by atoms with Gasteiger partial charge in [-0.1, -0.05) is 0 Å². The normalized spacial score (nSPS) is 12.6. The van der Waals surface area contributed by atoms with E-state index in [1.54, 1.807) is 4.90 Å². The van der Waals surface area contributed by atoms with E-state index in [0.717, 1.165) is 25.7 Å². The molecule has 0 aromatic carbocycles. The lowest BCUT2D eigenvalue weighted by atomic mass is 10.3. The number of nitrogens with zero attached hydrogens (tertiary/aromatic N) is 1. The predicted octanol–water partition coefficient (Wildman–Crippen LogP) is -3.66. The summed E-state index contributed by atoms with van der Waals surface area (Å²) in [5.74, 6) is -2.68. The summed E-state index contributed by atoms with van der Waals surface area (Å²) in [6, 6.07) is 0.598. The SMILES string of the molecule is O=C(O)CNC(=O)CN(CCCNC(=O)CCNC(=O)CCNC(=O)CCNC(=O)CCSCC(=O)NC1CC1)CCCNC(=O)CCNC(=O)CCNC(=O)CCNC(=O)CCSCC(=O)NC1CC1. The van der Waals surface area contributed by atoms with Gasteiger partial charge in [-0.3, -0.25) is 62.4 Å². The van der Waals surface area contributed by atoms with Gasteiger partial charge in [-0.25, -0.2) is 0 Å². The number of hydrogen-bond donors (Lipinski definition) is 12. The highest BCUT2D eigenvalue weighted by molar-refractivity contribution is 8.00. The zero-order valence-corrected chi connectivity index (χ0v) is 42.1. The number of hydrogen-bond acceptors (Lipinski definition) is 15. The second-order valence-corrected chi connectivity index (χ2v) is 19.0. The van der Waals surface area contributed by atoms with Gasteiger partial charge in [0.25, 0.3) is 0 Å². The van der Waals surface area contributed by atoms with Crippen molar-refractivity contribution >= 4 is 94.5 Å². The maximum Gasteiger partial charge on any atom is 0.322 e. The highest BCUT2D eigenvalue weighted by Gasteiger charge is 2.24. The summed E-state index contributed by atoms with van der Waals surface area (Å²) in [5.41, 5.74) is 0. The van der Waals surface area contributed by atoms with Crippen LogP contribution in [0.1, 0.15) is 89.9 Å². The van der Waals surface area contributed by atoms with E-state index < -0.39 is 18.4 Å². The van der Waals surface area contributed by atoms with Crippen LogP contribution in [0.25, 0.3) is 0 Å². The first kappa shape index (κ1) is 61.4. The fourth-order valence-electron chi connectivity index (χ4n) is 6.02. The third-order valence-corrected chi connectivity index (χ3v) is 12.0. The average Bonchev–Trinajstić information content (AvgIpc) is 4.27. The summed E-state index contributed by atoms with van der Waals surface area (Å²) in [6.45, 7) is 1.11. The molecule has 0 unspecified atom stereocenters. The van der Waals surface area contributed by atoms with Crippen LogP contribution in [0, 0.1) is 0 Å². The lowest BCUT2D eigenvalue weighted by Crippen LogP contribution is -2.41. The van der Waals surface area contributed by atoms with Crippen LogP contribution < -0.4 is 58.5 Å². The van der Waals surface area contributed by atoms with Gasteiger partial charge in [-0.05, 0) is 38.5 Å². The Bertz CT molecular complexity index is 1660. The van der Waals surface area contributed by atoms with E-state index in [-0.39, 0.29) is 169 Å². The molecule has 12 N–H and O–H groups in total. The molecule has 2 aliphatic carbocycles. The molecule has 0 bridgehead atoms. The lowest BCUT2D eigenvalue weighted by molar-refractivity contribution is -0.138. The first-order valence-corrected chi connectivity index (χ1v) is 26.5. The molecule has 2 fully saturated rings. The second-order valence-electron chi connectivity index (χ2n) is 16.7. The number of carboxylic acids is 1. The van der Waals surface area contributed by atoms with Crippen molar-refractivity contribution in [1.29, 1.82) is 0 Å². The highest BCUT2D eigenvalue weighted by atomic mass is 32.2. The fourth-order valence-corrected chi connectivity index (χ4v) is 7.50. The van der Waals surface area contributed by atoms with Gasteiger partial charge in [0.05, 0.1) is 18.1 Å². The summed E-state index contributed by atoms with van der Waals surface area (Å²) in [6.07, 6.45) is 5.44. The Morgan fingerprint density at radius 3 is 0.972 bits per heavy atom. The standard InChI is InChI=1S/C44H74N12O13S2/c57-33(7-17-47-35(59)9-19-49-37(61)11-21-51-39(63)13-25-70-29-42(66)54-31-3-4-31)45-15-1-23-56(28-41(65)53-27-44(68)69)24-2-16-46-34(58)8-18-48-36(60)10-20-50-38(62)12-22-52-40(64)14-26-71-30-43(67)55-32-5-6-32/h31-32H,1-30H2,(H,45,57)(H,46,58)(H,47,59)(H,48,60)(H,49,61)(H,50,62)(H,51,63)(H,52,64)(H,53,65)(H,54,66)(H,55,67)(H,68,69). The zero-order valence-electron chi connectivity index (χ0n) is 40.5. The Hall–Kier alpha value is -5.70. The van der Waals surface area contributed by atoms with Crippen LogP contribution in [0.4, 0.5) is 0 Å². The van der Waals surface area contributed by atoms with Crippen molar-refractivity contribution in [3.8, 4) is 0 Å². The van der Waals surface area contributed by atoms with Crippen molar-refractivity contribution in [3.63, 3.8) is 0 Å². The minimum atomic E-state index is -1.20. The maximum absolute atomic E-state index is 12.4. The molecule has 25 nitrogen and oxygen atoms in total. The number of carbonyl (C=O) groups excluding carboxylic acids is 11. The van der Waals surface area contributed by atoms with Crippen molar-refractivity contribution in [2.45, 2.75) is 102 Å². The van der Waals surface area contributed by atoms with E-state index in [4.69, 9.17) is 5.11 Å². The van der Waals surface area contributed by atoms with E-state index in [9.17, 15) is 57.5 Å². The van der Waals surface area contributed by atoms with Gasteiger partial charge >= 0.3 is 5.97 Å². The van der Waals surface area contributed by atoms with Gasteiger partial charge in [-0.2, -0.15) is 23.5 Å². The Balaban J connectivity index is 1.48.